The van der Waals surface area contributed by atoms with Gasteiger partial charge in [-0.1, -0.05) is 59.6 Å². The number of fused-ring (bicyclic) bond motifs is 1. The standard InChI is InChI=1S/C27H23Cl2NO3/c1-3-32-27(33-4-2)18-10-8-17(9-11-18)26(31)20-12-13-24-23(15-20)22(16-25(29)30-24)19-6-5-7-21(28)14-19/h5-16,27H,3-4H2,1-2H3. The van der Waals surface area contributed by atoms with Gasteiger partial charge in [0.25, 0.3) is 0 Å². The fourth-order valence-electron chi connectivity index (χ4n) is 3.73. The van der Waals surface area contributed by atoms with Crippen LogP contribution in [0, 0.1) is 0 Å². The van der Waals surface area contributed by atoms with Gasteiger partial charge in [-0.15, -0.1) is 0 Å². The Kier molecular flexibility index (Phi) is 7.41. The lowest BCUT2D eigenvalue weighted by Gasteiger charge is -2.17. The van der Waals surface area contributed by atoms with Crippen LogP contribution < -0.4 is 0 Å². The van der Waals surface area contributed by atoms with E-state index in [0.29, 0.717) is 40.0 Å². The van der Waals surface area contributed by atoms with Crippen molar-refractivity contribution in [1.82, 2.24) is 4.98 Å². The van der Waals surface area contributed by atoms with E-state index in [2.05, 4.69) is 4.98 Å². The van der Waals surface area contributed by atoms with Gasteiger partial charge in [0, 0.05) is 40.3 Å². The lowest BCUT2D eigenvalue weighted by atomic mass is 9.96. The van der Waals surface area contributed by atoms with Crippen LogP contribution >= 0.6 is 23.2 Å². The van der Waals surface area contributed by atoms with E-state index >= 15 is 0 Å². The smallest absolute Gasteiger partial charge is 0.193 e. The van der Waals surface area contributed by atoms with Crippen molar-refractivity contribution >= 4 is 39.9 Å². The maximum absolute atomic E-state index is 13.3. The molecule has 0 saturated carbocycles. The molecule has 0 saturated heterocycles. The van der Waals surface area contributed by atoms with E-state index in [1.54, 1.807) is 24.3 Å². The first kappa shape index (κ1) is 23.4. The van der Waals surface area contributed by atoms with Crippen molar-refractivity contribution in [3.63, 3.8) is 0 Å². The summed E-state index contributed by atoms with van der Waals surface area (Å²) in [5.74, 6) is -0.0835. The van der Waals surface area contributed by atoms with Gasteiger partial charge >= 0.3 is 0 Å². The molecule has 1 heterocycles. The van der Waals surface area contributed by atoms with Gasteiger partial charge in [0.05, 0.1) is 5.52 Å². The molecule has 0 N–H and O–H groups in total. The average molecular weight is 480 g/mol. The minimum absolute atomic E-state index is 0.0835. The molecule has 0 atom stereocenters. The molecule has 33 heavy (non-hydrogen) atoms. The molecule has 6 heteroatoms. The lowest BCUT2D eigenvalue weighted by molar-refractivity contribution is -0.140. The number of hydrogen-bond acceptors (Lipinski definition) is 4. The third kappa shape index (κ3) is 5.26. The minimum Gasteiger partial charge on any atom is -0.349 e. The van der Waals surface area contributed by atoms with Crippen LogP contribution in [0.25, 0.3) is 22.0 Å². The summed E-state index contributed by atoms with van der Waals surface area (Å²) >= 11 is 12.5. The third-order valence-electron chi connectivity index (χ3n) is 5.26. The third-order valence-corrected chi connectivity index (χ3v) is 5.69. The quantitative estimate of drug-likeness (QED) is 0.149. The van der Waals surface area contributed by atoms with Crippen molar-refractivity contribution in [2.75, 3.05) is 13.2 Å². The Morgan fingerprint density at radius 1 is 0.879 bits per heavy atom. The molecule has 0 spiro atoms. The number of carbonyl (C=O) groups is 1. The highest BCUT2D eigenvalue weighted by molar-refractivity contribution is 6.31. The van der Waals surface area contributed by atoms with Crippen LogP contribution in [-0.2, 0) is 9.47 Å². The molecule has 0 bridgehead atoms. The first-order chi connectivity index (χ1) is 16.0. The van der Waals surface area contributed by atoms with Gasteiger partial charge in [-0.3, -0.25) is 4.79 Å². The van der Waals surface area contributed by atoms with Crippen molar-refractivity contribution in [2.45, 2.75) is 20.1 Å². The number of hydrogen-bond donors (Lipinski definition) is 0. The van der Waals surface area contributed by atoms with E-state index in [9.17, 15) is 4.79 Å². The van der Waals surface area contributed by atoms with Crippen LogP contribution in [0.15, 0.2) is 72.8 Å². The summed E-state index contributed by atoms with van der Waals surface area (Å²) in [6, 6.07) is 22.1. The molecular formula is C27H23Cl2NO3. The Labute approximate surface area is 203 Å². The number of pyridine rings is 1. The van der Waals surface area contributed by atoms with Gasteiger partial charge in [0.1, 0.15) is 5.15 Å². The molecule has 4 nitrogen and oxygen atoms in total. The molecule has 0 radical (unpaired) electrons. The highest BCUT2D eigenvalue weighted by Gasteiger charge is 2.16. The van der Waals surface area contributed by atoms with Gasteiger partial charge in [0.2, 0.25) is 0 Å². The second-order valence-corrected chi connectivity index (χ2v) is 8.25. The zero-order valence-corrected chi connectivity index (χ0v) is 19.9. The van der Waals surface area contributed by atoms with Crippen LogP contribution in [0.2, 0.25) is 10.2 Å². The van der Waals surface area contributed by atoms with Crippen molar-refractivity contribution < 1.29 is 14.3 Å². The lowest BCUT2D eigenvalue weighted by Crippen LogP contribution is -2.09. The molecule has 0 aliphatic carbocycles. The van der Waals surface area contributed by atoms with E-state index in [4.69, 9.17) is 32.7 Å². The van der Waals surface area contributed by atoms with E-state index < -0.39 is 6.29 Å². The monoisotopic (exact) mass is 479 g/mol. The number of carbonyl (C=O) groups excluding carboxylic acids is 1. The number of nitrogens with zero attached hydrogens (tertiary/aromatic N) is 1. The first-order valence-corrected chi connectivity index (χ1v) is 11.5. The summed E-state index contributed by atoms with van der Waals surface area (Å²) < 4.78 is 11.3. The maximum atomic E-state index is 13.3. The Bertz CT molecular complexity index is 1280. The molecule has 0 amide bonds. The molecule has 1 aromatic heterocycles. The molecule has 0 aliphatic rings. The summed E-state index contributed by atoms with van der Waals surface area (Å²) in [5, 5.41) is 1.83. The van der Waals surface area contributed by atoms with Gasteiger partial charge in [-0.05, 0) is 61.4 Å². The number of ether oxygens (including phenoxy) is 2. The van der Waals surface area contributed by atoms with E-state index in [-0.39, 0.29) is 5.78 Å². The summed E-state index contributed by atoms with van der Waals surface area (Å²) in [5.41, 5.74) is 4.50. The Balaban J connectivity index is 1.71. The summed E-state index contributed by atoms with van der Waals surface area (Å²) in [4.78, 5) is 17.7. The first-order valence-electron chi connectivity index (χ1n) is 10.7. The van der Waals surface area contributed by atoms with Crippen molar-refractivity contribution in [3.8, 4) is 11.1 Å². The van der Waals surface area contributed by atoms with Crippen molar-refractivity contribution in [3.05, 3.63) is 99.7 Å². The summed E-state index contributed by atoms with van der Waals surface area (Å²) in [6.45, 7) is 4.91. The van der Waals surface area contributed by atoms with Gasteiger partial charge in [-0.2, -0.15) is 0 Å². The zero-order chi connectivity index (χ0) is 23.4. The maximum Gasteiger partial charge on any atom is 0.193 e. The molecule has 4 aromatic rings. The molecule has 0 fully saturated rings. The van der Waals surface area contributed by atoms with Crippen molar-refractivity contribution in [1.29, 1.82) is 0 Å². The molecule has 168 valence electrons. The molecular weight excluding hydrogens is 457 g/mol. The second-order valence-electron chi connectivity index (χ2n) is 7.43. The van der Waals surface area contributed by atoms with Gasteiger partial charge in [0.15, 0.2) is 12.1 Å². The van der Waals surface area contributed by atoms with Crippen LogP contribution in [0.5, 0.6) is 0 Å². The fourth-order valence-corrected chi connectivity index (χ4v) is 4.12. The Morgan fingerprint density at radius 2 is 1.58 bits per heavy atom. The Hall–Kier alpha value is -2.76. The highest BCUT2D eigenvalue weighted by atomic mass is 35.5. The Morgan fingerprint density at radius 3 is 2.24 bits per heavy atom. The normalized spacial score (nSPS) is 11.3. The van der Waals surface area contributed by atoms with Crippen LogP contribution in [-0.4, -0.2) is 24.0 Å². The summed E-state index contributed by atoms with van der Waals surface area (Å²) in [7, 11) is 0. The minimum atomic E-state index is -0.444. The number of aromatic nitrogens is 1. The van der Waals surface area contributed by atoms with Crippen LogP contribution in [0.4, 0.5) is 0 Å². The van der Waals surface area contributed by atoms with Gasteiger partial charge in [-0.25, -0.2) is 4.98 Å². The number of rotatable bonds is 8. The SMILES string of the molecule is CCOC(OCC)c1ccc(C(=O)c2ccc3nc(Cl)cc(-c4cccc(Cl)c4)c3c2)cc1. The zero-order valence-electron chi connectivity index (χ0n) is 18.3. The molecule has 0 unspecified atom stereocenters. The van der Waals surface area contributed by atoms with Crippen LogP contribution in [0.3, 0.4) is 0 Å². The summed E-state index contributed by atoms with van der Waals surface area (Å²) in [6.07, 6.45) is -0.444. The number of halogens is 2. The average Bonchev–Trinajstić information content (AvgIpc) is 2.83. The molecule has 4 rings (SSSR count). The molecule has 0 aliphatic heterocycles. The predicted molar refractivity (Wildman–Crippen MR) is 133 cm³/mol. The van der Waals surface area contributed by atoms with E-state index in [0.717, 1.165) is 22.1 Å². The van der Waals surface area contributed by atoms with E-state index in [1.165, 1.54) is 0 Å². The van der Waals surface area contributed by atoms with Crippen LogP contribution in [0.1, 0.15) is 41.6 Å². The largest absolute Gasteiger partial charge is 0.349 e. The molecule has 3 aromatic carbocycles. The topological polar surface area (TPSA) is 48.4 Å². The second kappa shape index (κ2) is 10.4. The van der Waals surface area contributed by atoms with E-state index in [1.807, 2.05) is 62.4 Å². The van der Waals surface area contributed by atoms with Crippen molar-refractivity contribution in [2.24, 2.45) is 0 Å². The fraction of sp³-hybridized carbons (Fsp3) is 0.185. The van der Waals surface area contributed by atoms with Gasteiger partial charge < -0.3 is 9.47 Å². The number of benzene rings is 3. The predicted octanol–water partition coefficient (Wildman–Crippen LogP) is 7.51. The number of ketones is 1. The highest BCUT2D eigenvalue weighted by Crippen LogP contribution is 2.32.